The summed E-state index contributed by atoms with van der Waals surface area (Å²) in [6.07, 6.45) is 0.497. The van der Waals surface area contributed by atoms with Crippen molar-refractivity contribution in [2.24, 2.45) is 0 Å². The highest BCUT2D eigenvalue weighted by Crippen LogP contribution is 2.16. The van der Waals surface area contributed by atoms with Crippen LogP contribution in [0.3, 0.4) is 0 Å². The van der Waals surface area contributed by atoms with E-state index in [0.717, 1.165) is 4.47 Å². The average Bonchev–Trinajstić information content (AvgIpc) is 2.59. The van der Waals surface area contributed by atoms with Gasteiger partial charge in [0.1, 0.15) is 5.75 Å². The molecule has 2 amide bonds. The Kier molecular flexibility index (Phi) is 9.10. The molecule has 134 valence electrons. The third-order valence-electron chi connectivity index (χ3n) is 3.75. The lowest BCUT2D eigenvalue weighted by Gasteiger charge is -2.34. The first-order valence-corrected chi connectivity index (χ1v) is 8.48. The monoisotopic (exact) mass is 419 g/mol. The molecule has 8 heteroatoms. The van der Waals surface area contributed by atoms with Crippen LogP contribution in [-0.4, -0.2) is 68.0 Å². The van der Waals surface area contributed by atoms with Crippen molar-refractivity contribution in [1.82, 2.24) is 15.1 Å². The van der Waals surface area contributed by atoms with Crippen molar-refractivity contribution in [3.8, 4) is 5.75 Å². The SMILES string of the molecule is CNCCC(=O)N1CCN(C(=O)COc2ccc(Br)cc2)CC1.Cl. The Morgan fingerprint density at radius 3 is 2.17 bits per heavy atom. The van der Waals surface area contributed by atoms with Gasteiger partial charge < -0.3 is 19.9 Å². The number of halogens is 2. The van der Waals surface area contributed by atoms with Gasteiger partial charge in [0.05, 0.1) is 0 Å². The number of carbonyl (C=O) groups excluding carboxylic acids is 2. The molecular formula is C16H23BrClN3O3. The Balaban J connectivity index is 0.00000288. The lowest BCUT2D eigenvalue weighted by Crippen LogP contribution is -2.51. The van der Waals surface area contributed by atoms with Crippen LogP contribution in [0.15, 0.2) is 28.7 Å². The molecular weight excluding hydrogens is 398 g/mol. The van der Waals surface area contributed by atoms with Crippen LogP contribution >= 0.6 is 28.3 Å². The predicted octanol–water partition coefficient (Wildman–Crippen LogP) is 1.53. The maximum Gasteiger partial charge on any atom is 0.260 e. The van der Waals surface area contributed by atoms with Crippen molar-refractivity contribution in [2.75, 3.05) is 46.4 Å². The molecule has 2 rings (SSSR count). The van der Waals surface area contributed by atoms with E-state index in [4.69, 9.17) is 4.74 Å². The van der Waals surface area contributed by atoms with Gasteiger partial charge in [0.2, 0.25) is 5.91 Å². The highest BCUT2D eigenvalue weighted by Gasteiger charge is 2.23. The fourth-order valence-corrected chi connectivity index (χ4v) is 2.63. The molecule has 0 unspecified atom stereocenters. The molecule has 1 saturated heterocycles. The molecule has 1 heterocycles. The zero-order valence-corrected chi connectivity index (χ0v) is 16.1. The summed E-state index contributed by atoms with van der Waals surface area (Å²) in [5, 5.41) is 2.97. The minimum Gasteiger partial charge on any atom is -0.484 e. The van der Waals surface area contributed by atoms with Crippen LogP contribution in [0.2, 0.25) is 0 Å². The highest BCUT2D eigenvalue weighted by atomic mass is 79.9. The van der Waals surface area contributed by atoms with Gasteiger partial charge in [-0.2, -0.15) is 0 Å². The molecule has 0 bridgehead atoms. The molecule has 1 aromatic rings. The van der Waals surface area contributed by atoms with Gasteiger partial charge in [-0.25, -0.2) is 0 Å². The highest BCUT2D eigenvalue weighted by molar-refractivity contribution is 9.10. The minimum absolute atomic E-state index is 0. The maximum absolute atomic E-state index is 12.2. The van der Waals surface area contributed by atoms with Gasteiger partial charge >= 0.3 is 0 Å². The summed E-state index contributed by atoms with van der Waals surface area (Å²) in [7, 11) is 1.83. The minimum atomic E-state index is -0.0461. The Morgan fingerprint density at radius 2 is 1.62 bits per heavy atom. The summed E-state index contributed by atoms with van der Waals surface area (Å²) < 4.78 is 6.47. The van der Waals surface area contributed by atoms with Crippen LogP contribution < -0.4 is 10.1 Å². The molecule has 0 aliphatic carbocycles. The third kappa shape index (κ3) is 6.30. The number of hydrogen-bond donors (Lipinski definition) is 1. The van der Waals surface area contributed by atoms with Crippen molar-refractivity contribution in [2.45, 2.75) is 6.42 Å². The first-order valence-electron chi connectivity index (χ1n) is 7.68. The van der Waals surface area contributed by atoms with E-state index in [1.54, 1.807) is 4.90 Å². The second-order valence-corrected chi connectivity index (χ2v) is 6.27. The molecule has 1 aliphatic heterocycles. The van der Waals surface area contributed by atoms with E-state index in [-0.39, 0.29) is 30.8 Å². The number of benzene rings is 1. The maximum atomic E-state index is 12.2. The molecule has 24 heavy (non-hydrogen) atoms. The number of nitrogens with one attached hydrogen (secondary N) is 1. The van der Waals surface area contributed by atoms with Crippen LogP contribution in [0.25, 0.3) is 0 Å². The van der Waals surface area contributed by atoms with Gasteiger partial charge in [-0.15, -0.1) is 12.4 Å². The van der Waals surface area contributed by atoms with E-state index in [1.165, 1.54) is 0 Å². The van der Waals surface area contributed by atoms with Crippen LogP contribution in [-0.2, 0) is 9.59 Å². The topological polar surface area (TPSA) is 61.9 Å². The third-order valence-corrected chi connectivity index (χ3v) is 4.28. The Morgan fingerprint density at radius 1 is 1.08 bits per heavy atom. The summed E-state index contributed by atoms with van der Waals surface area (Å²) in [6, 6.07) is 7.37. The van der Waals surface area contributed by atoms with E-state index >= 15 is 0 Å². The average molecular weight is 421 g/mol. The van der Waals surface area contributed by atoms with Crippen LogP contribution in [0.4, 0.5) is 0 Å². The number of hydrogen-bond acceptors (Lipinski definition) is 4. The van der Waals surface area contributed by atoms with Gasteiger partial charge in [-0.1, -0.05) is 15.9 Å². The lowest BCUT2D eigenvalue weighted by atomic mass is 10.2. The van der Waals surface area contributed by atoms with E-state index in [1.807, 2.05) is 36.2 Å². The van der Waals surface area contributed by atoms with Crippen molar-refractivity contribution < 1.29 is 14.3 Å². The summed E-state index contributed by atoms with van der Waals surface area (Å²) in [4.78, 5) is 27.7. The van der Waals surface area contributed by atoms with Gasteiger partial charge in [-0.05, 0) is 31.3 Å². The van der Waals surface area contributed by atoms with Crippen LogP contribution in [0.5, 0.6) is 5.75 Å². The molecule has 0 aromatic heterocycles. The van der Waals surface area contributed by atoms with Crippen molar-refractivity contribution in [3.63, 3.8) is 0 Å². The number of ether oxygens (including phenoxy) is 1. The summed E-state index contributed by atoms with van der Waals surface area (Å²) in [5.41, 5.74) is 0. The zero-order valence-electron chi connectivity index (χ0n) is 13.7. The molecule has 1 N–H and O–H groups in total. The van der Waals surface area contributed by atoms with Crippen LogP contribution in [0.1, 0.15) is 6.42 Å². The van der Waals surface area contributed by atoms with Crippen LogP contribution in [0, 0.1) is 0 Å². The summed E-state index contributed by atoms with van der Waals surface area (Å²) >= 11 is 3.35. The molecule has 0 spiro atoms. The fourth-order valence-electron chi connectivity index (χ4n) is 2.36. The Bertz CT molecular complexity index is 534. The predicted molar refractivity (Wildman–Crippen MR) is 98.6 cm³/mol. The normalized spacial score (nSPS) is 14.1. The largest absolute Gasteiger partial charge is 0.484 e. The van der Waals surface area contributed by atoms with Crippen molar-refractivity contribution in [3.05, 3.63) is 28.7 Å². The van der Waals surface area contributed by atoms with Gasteiger partial charge in [0, 0.05) is 43.6 Å². The number of nitrogens with zero attached hydrogens (tertiary/aromatic N) is 2. The van der Waals surface area contributed by atoms with Gasteiger partial charge in [0.15, 0.2) is 6.61 Å². The second kappa shape index (κ2) is 10.5. The molecule has 0 saturated carbocycles. The second-order valence-electron chi connectivity index (χ2n) is 5.36. The van der Waals surface area contributed by atoms with E-state index in [2.05, 4.69) is 21.2 Å². The molecule has 0 atom stereocenters. The van der Waals surface area contributed by atoms with Crippen molar-refractivity contribution in [1.29, 1.82) is 0 Å². The standard InChI is InChI=1S/C16H22BrN3O3.ClH/c1-18-7-6-15(21)19-8-10-20(11-9-19)16(22)12-23-14-4-2-13(17)3-5-14;/h2-5,18H,6-12H2,1H3;1H. The number of carbonyl (C=O) groups is 2. The smallest absolute Gasteiger partial charge is 0.260 e. The fraction of sp³-hybridized carbons (Fsp3) is 0.500. The number of piperazine rings is 1. The van der Waals surface area contributed by atoms with E-state index in [9.17, 15) is 9.59 Å². The molecule has 1 fully saturated rings. The molecule has 6 nitrogen and oxygen atoms in total. The lowest BCUT2D eigenvalue weighted by molar-refractivity contribution is -0.140. The first-order chi connectivity index (χ1) is 11.1. The molecule has 1 aliphatic rings. The first kappa shape index (κ1) is 20.7. The molecule has 0 radical (unpaired) electrons. The summed E-state index contributed by atoms with van der Waals surface area (Å²) in [5.74, 6) is 0.759. The Hall–Kier alpha value is -1.31. The molecule has 1 aromatic carbocycles. The number of amides is 2. The van der Waals surface area contributed by atoms with E-state index in [0.29, 0.717) is 44.9 Å². The summed E-state index contributed by atoms with van der Waals surface area (Å²) in [6.45, 7) is 3.01. The van der Waals surface area contributed by atoms with Gasteiger partial charge in [0.25, 0.3) is 5.91 Å². The van der Waals surface area contributed by atoms with Gasteiger partial charge in [-0.3, -0.25) is 9.59 Å². The quantitative estimate of drug-likeness (QED) is 0.758. The Labute approximate surface area is 157 Å². The van der Waals surface area contributed by atoms with E-state index < -0.39 is 0 Å². The number of rotatable bonds is 6. The zero-order chi connectivity index (χ0) is 16.7. The van der Waals surface area contributed by atoms with Crippen molar-refractivity contribution >= 4 is 40.2 Å².